The molecule has 0 saturated heterocycles. The van der Waals surface area contributed by atoms with Crippen LogP contribution in [-0.4, -0.2) is 9.13 Å². The topological polar surface area (TPSA) is 81.2 Å². The van der Waals surface area contributed by atoms with E-state index in [2.05, 4.69) is 106 Å². The Balaban J connectivity index is 1.20. The zero-order valence-electron chi connectivity index (χ0n) is 26.7. The van der Waals surface area contributed by atoms with Gasteiger partial charge in [0.1, 0.15) is 0 Å². The predicted molar refractivity (Wildman–Crippen MR) is 200 cm³/mol. The van der Waals surface area contributed by atoms with Crippen LogP contribution in [0, 0.1) is 34.0 Å². The molecular weight excluding hydrogens is 611 g/mol. The Morgan fingerprint density at radius 3 is 1.70 bits per heavy atom. The van der Waals surface area contributed by atoms with Crippen molar-refractivity contribution < 1.29 is 0 Å². The van der Waals surface area contributed by atoms with E-state index in [4.69, 9.17) is 0 Å². The van der Waals surface area contributed by atoms with Crippen molar-refractivity contribution in [3.63, 3.8) is 0 Å². The monoisotopic (exact) mass is 635 g/mol. The summed E-state index contributed by atoms with van der Waals surface area (Å²) >= 11 is 0. The summed E-state index contributed by atoms with van der Waals surface area (Å²) in [6.07, 6.45) is 0. The summed E-state index contributed by atoms with van der Waals surface area (Å²) in [5, 5.41) is 34.1. The molecule has 5 nitrogen and oxygen atoms in total. The van der Waals surface area contributed by atoms with E-state index in [1.807, 2.05) is 66.7 Å². The Morgan fingerprint density at radius 2 is 0.980 bits per heavy atom. The predicted octanol–water partition coefficient (Wildman–Crippen LogP) is 10.8. The van der Waals surface area contributed by atoms with Crippen LogP contribution in [-0.2, 0) is 0 Å². The van der Waals surface area contributed by atoms with Crippen molar-refractivity contribution in [1.82, 2.24) is 9.13 Å². The van der Waals surface area contributed by atoms with Crippen LogP contribution in [0.1, 0.15) is 16.7 Å². The van der Waals surface area contributed by atoms with E-state index in [-0.39, 0.29) is 0 Å². The van der Waals surface area contributed by atoms with E-state index in [1.165, 1.54) is 10.8 Å². The summed E-state index contributed by atoms with van der Waals surface area (Å²) < 4.78 is 4.44. The van der Waals surface area contributed by atoms with E-state index in [1.54, 1.807) is 6.07 Å². The second kappa shape index (κ2) is 11.4. The largest absolute Gasteiger partial charge is 0.309 e. The Labute approximate surface area is 287 Å². The van der Waals surface area contributed by atoms with Crippen molar-refractivity contribution in [3.8, 4) is 51.8 Å². The minimum atomic E-state index is 0.545. The first-order valence-corrected chi connectivity index (χ1v) is 16.3. The van der Waals surface area contributed by atoms with Crippen LogP contribution >= 0.6 is 0 Å². The summed E-state index contributed by atoms with van der Waals surface area (Å²) in [4.78, 5) is 0. The molecule has 0 spiro atoms. The van der Waals surface area contributed by atoms with Crippen molar-refractivity contribution in [2.24, 2.45) is 0 Å². The van der Waals surface area contributed by atoms with Gasteiger partial charge < -0.3 is 9.13 Å². The summed E-state index contributed by atoms with van der Waals surface area (Å²) in [5.74, 6) is 0. The van der Waals surface area contributed by atoms with Gasteiger partial charge in [-0.15, -0.1) is 0 Å². The molecule has 0 fully saturated rings. The highest BCUT2D eigenvalue weighted by atomic mass is 15.0. The molecule has 50 heavy (non-hydrogen) atoms. The molecule has 0 saturated carbocycles. The molecule has 0 atom stereocenters. The van der Waals surface area contributed by atoms with Crippen molar-refractivity contribution in [1.29, 1.82) is 15.8 Å². The SMILES string of the molecule is N#Cc1ccc2c(c1)c1ccc(C#N)cc1n2-c1ccccc1-c1cc(-c2ccc(-n3c4ccccc4c4ccccc43)cc2)ccc1C#N. The Bertz CT molecular complexity index is 2900. The first-order valence-electron chi connectivity index (χ1n) is 16.3. The molecule has 0 radical (unpaired) electrons. The maximum atomic E-state index is 10.3. The maximum Gasteiger partial charge on any atom is 0.0998 e. The number of nitrogens with zero attached hydrogens (tertiary/aromatic N) is 5. The number of nitriles is 3. The van der Waals surface area contributed by atoms with Gasteiger partial charge in [-0.1, -0.05) is 78.9 Å². The van der Waals surface area contributed by atoms with E-state index >= 15 is 0 Å². The second-order valence-electron chi connectivity index (χ2n) is 12.3. The van der Waals surface area contributed by atoms with E-state index in [0.717, 1.165) is 66.5 Å². The van der Waals surface area contributed by atoms with Crippen LogP contribution in [0.15, 0.2) is 152 Å². The minimum absolute atomic E-state index is 0.545. The van der Waals surface area contributed by atoms with Gasteiger partial charge >= 0.3 is 0 Å². The van der Waals surface area contributed by atoms with Crippen LogP contribution in [0.25, 0.3) is 77.2 Å². The molecule has 9 aromatic rings. The highest BCUT2D eigenvalue weighted by Crippen LogP contribution is 2.39. The van der Waals surface area contributed by atoms with Crippen molar-refractivity contribution in [2.75, 3.05) is 0 Å². The van der Waals surface area contributed by atoms with Gasteiger partial charge in [0.05, 0.1) is 62.7 Å². The molecule has 0 bridgehead atoms. The van der Waals surface area contributed by atoms with Crippen molar-refractivity contribution in [3.05, 3.63) is 168 Å². The molecule has 0 N–H and O–H groups in total. The molecule has 7 aromatic carbocycles. The zero-order chi connectivity index (χ0) is 33.8. The maximum absolute atomic E-state index is 10.3. The third kappa shape index (κ3) is 4.38. The molecule has 2 aromatic heterocycles. The van der Waals surface area contributed by atoms with Gasteiger partial charge in [-0.3, -0.25) is 0 Å². The first-order chi connectivity index (χ1) is 24.7. The normalized spacial score (nSPS) is 11.1. The van der Waals surface area contributed by atoms with Gasteiger partial charge in [0, 0.05) is 38.4 Å². The highest BCUT2D eigenvalue weighted by Gasteiger charge is 2.19. The lowest BCUT2D eigenvalue weighted by Gasteiger charge is -2.16. The lowest BCUT2D eigenvalue weighted by Crippen LogP contribution is -1.99. The van der Waals surface area contributed by atoms with Gasteiger partial charge in [-0.2, -0.15) is 15.8 Å². The second-order valence-corrected chi connectivity index (χ2v) is 12.3. The average Bonchev–Trinajstić information content (AvgIpc) is 3.69. The average molecular weight is 636 g/mol. The van der Waals surface area contributed by atoms with Gasteiger partial charge in [-0.25, -0.2) is 0 Å². The Kier molecular flexibility index (Phi) is 6.56. The fourth-order valence-corrected chi connectivity index (χ4v) is 7.36. The highest BCUT2D eigenvalue weighted by molar-refractivity contribution is 6.11. The first kappa shape index (κ1) is 28.8. The van der Waals surface area contributed by atoms with Gasteiger partial charge in [0.25, 0.3) is 0 Å². The molecule has 230 valence electrons. The van der Waals surface area contributed by atoms with E-state index in [9.17, 15) is 15.8 Å². The molecule has 2 heterocycles. The van der Waals surface area contributed by atoms with Crippen molar-refractivity contribution in [2.45, 2.75) is 0 Å². The fourth-order valence-electron chi connectivity index (χ4n) is 7.36. The lowest BCUT2D eigenvalue weighted by molar-refractivity contribution is 1.18. The Morgan fingerprint density at radius 1 is 0.380 bits per heavy atom. The van der Waals surface area contributed by atoms with Crippen LogP contribution in [0.3, 0.4) is 0 Å². The number of fused-ring (bicyclic) bond motifs is 6. The third-order valence-electron chi connectivity index (χ3n) is 9.64. The third-order valence-corrected chi connectivity index (χ3v) is 9.64. The number of hydrogen-bond acceptors (Lipinski definition) is 3. The van der Waals surface area contributed by atoms with E-state index < -0.39 is 0 Å². The molecule has 0 aliphatic carbocycles. The van der Waals surface area contributed by atoms with Crippen LogP contribution in [0.5, 0.6) is 0 Å². The molecule has 0 aliphatic rings. The number of para-hydroxylation sites is 3. The number of benzene rings is 7. The summed E-state index contributed by atoms with van der Waals surface area (Å²) in [5.41, 5.74) is 11.5. The smallest absolute Gasteiger partial charge is 0.0998 e. The molecule has 5 heteroatoms. The van der Waals surface area contributed by atoms with Crippen molar-refractivity contribution >= 4 is 43.6 Å². The van der Waals surface area contributed by atoms with Gasteiger partial charge in [-0.05, 0) is 83.9 Å². The molecule has 0 amide bonds. The van der Waals surface area contributed by atoms with Crippen LogP contribution < -0.4 is 0 Å². The van der Waals surface area contributed by atoms with Crippen LogP contribution in [0.4, 0.5) is 0 Å². The molecule has 0 aliphatic heterocycles. The summed E-state index contributed by atoms with van der Waals surface area (Å²) in [7, 11) is 0. The summed E-state index contributed by atoms with van der Waals surface area (Å²) in [6, 6.07) is 57.9. The summed E-state index contributed by atoms with van der Waals surface area (Å²) in [6.45, 7) is 0. The standard InChI is InChI=1S/C45H25N5/c46-26-29-14-22-44-40(23-29)38-21-13-30(27-47)24-45(38)50(44)43-12-6-3-9-37(43)39-25-32(15-16-33(39)28-48)31-17-19-34(20-18-31)49-41-10-4-1-7-35(41)36-8-2-5-11-42(36)49/h1-25H. The zero-order valence-corrected chi connectivity index (χ0v) is 26.7. The minimum Gasteiger partial charge on any atom is -0.309 e. The molecular formula is C45H25N5. The quantitative estimate of drug-likeness (QED) is 0.193. The number of aromatic nitrogens is 2. The molecule has 9 rings (SSSR count). The lowest BCUT2D eigenvalue weighted by atomic mass is 9.94. The van der Waals surface area contributed by atoms with Gasteiger partial charge in [0.2, 0.25) is 0 Å². The van der Waals surface area contributed by atoms with Crippen LogP contribution in [0.2, 0.25) is 0 Å². The number of hydrogen-bond donors (Lipinski definition) is 0. The van der Waals surface area contributed by atoms with Gasteiger partial charge in [0.15, 0.2) is 0 Å². The molecule has 0 unspecified atom stereocenters. The number of rotatable bonds is 4. The van der Waals surface area contributed by atoms with E-state index in [0.29, 0.717) is 16.7 Å². The fraction of sp³-hybridized carbons (Fsp3) is 0. The Hall–Kier alpha value is -7.39.